The van der Waals surface area contributed by atoms with E-state index in [0.29, 0.717) is 11.1 Å². The van der Waals surface area contributed by atoms with Gasteiger partial charge in [-0.05, 0) is 30.2 Å². The van der Waals surface area contributed by atoms with Gasteiger partial charge in [-0.2, -0.15) is 8.42 Å². The smallest absolute Gasteiger partial charge is 0.306 e. The average molecular weight is 334 g/mol. The molecule has 1 heterocycles. The zero-order valence-electron chi connectivity index (χ0n) is 9.06. The van der Waals surface area contributed by atoms with Crippen molar-refractivity contribution in [2.45, 2.75) is 23.6 Å². The molecule has 1 aromatic rings. The van der Waals surface area contributed by atoms with Gasteiger partial charge in [0.1, 0.15) is 5.25 Å². The number of benzene rings is 1. The fourth-order valence-electron chi connectivity index (χ4n) is 2.72. The molecule has 1 N–H and O–H groups in total. The van der Waals surface area contributed by atoms with E-state index in [1.54, 1.807) is 18.2 Å². The Morgan fingerprint density at radius 2 is 2.11 bits per heavy atom. The van der Waals surface area contributed by atoms with Crippen molar-refractivity contribution in [2.24, 2.45) is 0 Å². The number of amides is 1. The third-order valence-corrected chi connectivity index (χ3v) is 5.32. The number of carbonyl (C=O) groups is 1. The van der Waals surface area contributed by atoms with Crippen LogP contribution in [0.25, 0.3) is 0 Å². The highest BCUT2D eigenvalue weighted by molar-refractivity contribution is 9.10. The molecule has 1 saturated carbocycles. The Balaban J connectivity index is 2.11. The fraction of sp³-hybridized carbons (Fsp3) is 0.364. The highest BCUT2D eigenvalue weighted by atomic mass is 79.9. The summed E-state index contributed by atoms with van der Waals surface area (Å²) in [5.74, 6) is -0.710. The summed E-state index contributed by atoms with van der Waals surface area (Å²) in [6.45, 7) is 0. The summed E-state index contributed by atoms with van der Waals surface area (Å²) >= 11 is 3.28. The summed E-state index contributed by atoms with van der Waals surface area (Å²) in [5.41, 5.74) is 1.03. The van der Waals surface area contributed by atoms with E-state index >= 15 is 0 Å². The molecule has 18 heavy (non-hydrogen) atoms. The minimum atomic E-state index is -4.58. The first-order valence-corrected chi connectivity index (χ1v) is 7.65. The van der Waals surface area contributed by atoms with Crippen LogP contribution in [0.15, 0.2) is 22.7 Å². The molecule has 3 rings (SSSR count). The first-order valence-electron chi connectivity index (χ1n) is 5.41. The molecule has 1 aromatic carbocycles. The van der Waals surface area contributed by atoms with Crippen LogP contribution >= 0.6 is 15.9 Å². The van der Waals surface area contributed by atoms with Crippen molar-refractivity contribution in [1.82, 2.24) is 5.32 Å². The molecule has 0 radical (unpaired) electrons. The number of carbonyl (C=O) groups excluding carboxylic acids is 1. The molecule has 1 aliphatic carbocycles. The van der Waals surface area contributed by atoms with E-state index in [1.807, 2.05) is 0 Å². The van der Waals surface area contributed by atoms with Gasteiger partial charge in [0.15, 0.2) is 0 Å². The second-order valence-electron chi connectivity index (χ2n) is 4.59. The van der Waals surface area contributed by atoms with E-state index in [9.17, 15) is 17.1 Å². The minimum absolute atomic E-state index is 0.140. The zero-order valence-corrected chi connectivity index (χ0v) is 11.5. The molecule has 2 aliphatic rings. The van der Waals surface area contributed by atoms with Crippen molar-refractivity contribution in [3.63, 3.8) is 0 Å². The van der Waals surface area contributed by atoms with E-state index in [2.05, 4.69) is 21.2 Å². The fourth-order valence-corrected chi connectivity index (χ4v) is 4.23. The van der Waals surface area contributed by atoms with Gasteiger partial charge < -0.3 is 5.32 Å². The van der Waals surface area contributed by atoms with Crippen molar-refractivity contribution < 1.29 is 17.1 Å². The minimum Gasteiger partial charge on any atom is -0.349 e. The van der Waals surface area contributed by atoms with Gasteiger partial charge in [0, 0.05) is 22.0 Å². The summed E-state index contributed by atoms with van der Waals surface area (Å²) in [5, 5.41) is 1.66. The largest absolute Gasteiger partial charge is 0.349 e. The Labute approximate surface area is 112 Å². The first-order chi connectivity index (χ1) is 8.38. The number of hydrogen-bond donors (Lipinski definition) is 1. The van der Waals surface area contributed by atoms with Crippen molar-refractivity contribution in [2.75, 3.05) is 0 Å². The first kappa shape index (κ1) is 12.1. The van der Waals surface area contributed by atoms with Crippen LogP contribution in [0, 0.1) is 0 Å². The normalized spacial score (nSPS) is 29.9. The lowest BCUT2D eigenvalue weighted by atomic mass is 9.70. The van der Waals surface area contributed by atoms with Crippen molar-refractivity contribution in [1.29, 1.82) is 0 Å². The predicted molar refractivity (Wildman–Crippen MR) is 66.6 cm³/mol. The van der Waals surface area contributed by atoms with Gasteiger partial charge in [-0.15, -0.1) is 3.89 Å². The van der Waals surface area contributed by atoms with Crippen LogP contribution in [0.1, 0.15) is 28.3 Å². The monoisotopic (exact) mass is 333 g/mol. The maximum Gasteiger partial charge on any atom is 0.306 e. The number of hydrogen-bond acceptors (Lipinski definition) is 3. The topological polar surface area (TPSA) is 63.2 Å². The van der Waals surface area contributed by atoms with E-state index in [0.717, 1.165) is 4.47 Å². The second-order valence-corrected chi connectivity index (χ2v) is 7.06. The highest BCUT2D eigenvalue weighted by Crippen LogP contribution is 2.46. The molecule has 0 bridgehead atoms. The van der Waals surface area contributed by atoms with Crippen LogP contribution < -0.4 is 5.32 Å². The summed E-state index contributed by atoms with van der Waals surface area (Å²) in [6, 6.07) is 4.74. The molecule has 1 amide bonds. The van der Waals surface area contributed by atoms with Crippen LogP contribution in [-0.2, 0) is 10.2 Å². The van der Waals surface area contributed by atoms with Crippen LogP contribution in [-0.4, -0.2) is 25.6 Å². The third-order valence-electron chi connectivity index (χ3n) is 3.62. The molecule has 4 nitrogen and oxygen atoms in total. The van der Waals surface area contributed by atoms with Crippen molar-refractivity contribution in [3.05, 3.63) is 33.8 Å². The van der Waals surface area contributed by atoms with Crippen LogP contribution in [0.5, 0.6) is 0 Å². The second kappa shape index (κ2) is 3.77. The molecule has 3 unspecified atom stereocenters. The summed E-state index contributed by atoms with van der Waals surface area (Å²) in [4.78, 5) is 11.8. The lowest BCUT2D eigenvalue weighted by molar-refractivity contribution is 0.0878. The quantitative estimate of drug-likeness (QED) is 0.796. The average Bonchev–Trinajstić information content (AvgIpc) is 2.20. The Morgan fingerprint density at radius 3 is 2.78 bits per heavy atom. The molecular formula is C11H9BrFNO3S. The van der Waals surface area contributed by atoms with Gasteiger partial charge in [-0.3, -0.25) is 4.79 Å². The molecule has 0 saturated heterocycles. The van der Waals surface area contributed by atoms with Crippen LogP contribution in [0.4, 0.5) is 3.89 Å². The van der Waals surface area contributed by atoms with Gasteiger partial charge in [-0.25, -0.2) is 0 Å². The third kappa shape index (κ3) is 1.68. The molecule has 96 valence electrons. The van der Waals surface area contributed by atoms with E-state index in [-0.39, 0.29) is 18.4 Å². The van der Waals surface area contributed by atoms with Crippen LogP contribution in [0.2, 0.25) is 0 Å². The SMILES string of the molecule is O=C1NC2CC(S(=O)(=O)F)C2c2cc(Br)ccc21. The molecular weight excluding hydrogens is 325 g/mol. The van der Waals surface area contributed by atoms with Crippen molar-refractivity contribution in [3.8, 4) is 0 Å². The molecule has 1 fully saturated rings. The van der Waals surface area contributed by atoms with E-state index < -0.39 is 21.4 Å². The Morgan fingerprint density at radius 1 is 1.39 bits per heavy atom. The summed E-state index contributed by atoms with van der Waals surface area (Å²) < 4.78 is 36.0. The van der Waals surface area contributed by atoms with Gasteiger partial charge in [0.05, 0.1) is 0 Å². The Kier molecular flexibility index (Phi) is 2.54. The lowest BCUT2D eigenvalue weighted by Gasteiger charge is -2.46. The number of fused-ring (bicyclic) bond motifs is 3. The standard InChI is InChI=1S/C11H9BrFNO3S/c12-5-1-2-6-7(3-5)10-8(14-11(6)15)4-9(10)18(13,16)17/h1-3,8-10H,4H2,(H,14,15). The predicted octanol–water partition coefficient (Wildman–Crippen LogP) is 1.72. The number of rotatable bonds is 1. The summed E-state index contributed by atoms with van der Waals surface area (Å²) in [7, 11) is -4.58. The Hall–Kier alpha value is -0.950. The van der Waals surface area contributed by atoms with Crippen LogP contribution in [0.3, 0.4) is 0 Å². The van der Waals surface area contributed by atoms with E-state index in [1.165, 1.54) is 0 Å². The molecule has 7 heteroatoms. The maximum absolute atomic E-state index is 13.1. The number of nitrogens with one attached hydrogen (secondary N) is 1. The zero-order chi connectivity index (χ0) is 13.1. The number of halogens is 2. The molecule has 3 atom stereocenters. The lowest BCUT2D eigenvalue weighted by Crippen LogP contribution is -2.58. The Bertz CT molecular complexity index is 646. The van der Waals surface area contributed by atoms with Gasteiger partial charge in [-0.1, -0.05) is 15.9 Å². The maximum atomic E-state index is 13.1. The van der Waals surface area contributed by atoms with Gasteiger partial charge >= 0.3 is 10.2 Å². The molecule has 0 spiro atoms. The molecule has 1 aliphatic heterocycles. The highest BCUT2D eigenvalue weighted by Gasteiger charge is 2.53. The van der Waals surface area contributed by atoms with Gasteiger partial charge in [0.2, 0.25) is 0 Å². The van der Waals surface area contributed by atoms with E-state index in [4.69, 9.17) is 0 Å². The molecule has 0 aromatic heterocycles. The van der Waals surface area contributed by atoms with Gasteiger partial charge in [0.25, 0.3) is 5.91 Å². The van der Waals surface area contributed by atoms with Crippen molar-refractivity contribution >= 4 is 32.1 Å². The summed E-state index contributed by atoms with van der Waals surface area (Å²) in [6.07, 6.45) is 0.140.